The van der Waals surface area contributed by atoms with Crippen LogP contribution in [0.3, 0.4) is 0 Å². The molecule has 62 valence electrons. The zero-order valence-corrected chi connectivity index (χ0v) is 7.00. The summed E-state index contributed by atoms with van der Waals surface area (Å²) in [6.07, 6.45) is 4.17. The van der Waals surface area contributed by atoms with Gasteiger partial charge in [0, 0.05) is 25.5 Å². The number of rotatable bonds is 4. The van der Waals surface area contributed by atoms with Crippen molar-refractivity contribution in [2.24, 2.45) is 0 Å². The first-order valence-corrected chi connectivity index (χ1v) is 3.77. The maximum atomic E-state index is 4.73. The summed E-state index contributed by atoms with van der Waals surface area (Å²) < 4.78 is 2.13. The Morgan fingerprint density at radius 3 is 3.00 bits per heavy atom. The summed E-state index contributed by atoms with van der Waals surface area (Å²) in [7, 11) is 1.62. The SMILES string of the molecule is CCn1ccc(CNOC)c1. The van der Waals surface area contributed by atoms with Crippen molar-refractivity contribution < 1.29 is 4.84 Å². The zero-order valence-electron chi connectivity index (χ0n) is 7.00. The molecule has 0 saturated carbocycles. The molecule has 1 N–H and O–H groups in total. The molecule has 0 fully saturated rings. The predicted molar refractivity (Wildman–Crippen MR) is 44.0 cm³/mol. The molecule has 0 saturated heterocycles. The minimum Gasteiger partial charge on any atom is -0.354 e. The lowest BCUT2D eigenvalue weighted by atomic mass is 10.3. The Morgan fingerprint density at radius 2 is 2.45 bits per heavy atom. The second-order valence-electron chi connectivity index (χ2n) is 2.38. The van der Waals surface area contributed by atoms with E-state index in [4.69, 9.17) is 4.84 Å². The van der Waals surface area contributed by atoms with Crippen molar-refractivity contribution in [1.29, 1.82) is 0 Å². The van der Waals surface area contributed by atoms with Gasteiger partial charge in [0.2, 0.25) is 0 Å². The number of aryl methyl sites for hydroxylation is 1. The Bertz CT molecular complexity index is 208. The van der Waals surface area contributed by atoms with Crippen LogP contribution >= 0.6 is 0 Å². The van der Waals surface area contributed by atoms with E-state index >= 15 is 0 Å². The fraction of sp³-hybridized carbons (Fsp3) is 0.500. The summed E-state index contributed by atoms with van der Waals surface area (Å²) >= 11 is 0. The largest absolute Gasteiger partial charge is 0.354 e. The highest BCUT2D eigenvalue weighted by atomic mass is 16.6. The molecule has 1 aromatic rings. The third kappa shape index (κ3) is 2.37. The molecule has 0 spiro atoms. The molecule has 0 radical (unpaired) electrons. The molecule has 0 aromatic carbocycles. The molecule has 0 amide bonds. The fourth-order valence-electron chi connectivity index (χ4n) is 0.947. The van der Waals surface area contributed by atoms with E-state index in [0.717, 1.165) is 13.1 Å². The van der Waals surface area contributed by atoms with Crippen molar-refractivity contribution in [3.63, 3.8) is 0 Å². The van der Waals surface area contributed by atoms with Crippen LogP contribution in [-0.4, -0.2) is 11.7 Å². The van der Waals surface area contributed by atoms with E-state index in [1.54, 1.807) is 7.11 Å². The van der Waals surface area contributed by atoms with E-state index in [-0.39, 0.29) is 0 Å². The standard InChI is InChI=1S/C8H14N2O/c1-3-10-5-4-8(7-10)6-9-11-2/h4-5,7,9H,3,6H2,1-2H3. The maximum absolute atomic E-state index is 4.73. The van der Waals surface area contributed by atoms with Gasteiger partial charge in [-0.25, -0.2) is 0 Å². The molecule has 11 heavy (non-hydrogen) atoms. The number of nitrogens with one attached hydrogen (secondary N) is 1. The van der Waals surface area contributed by atoms with Crippen molar-refractivity contribution in [3.8, 4) is 0 Å². The van der Waals surface area contributed by atoms with Gasteiger partial charge in [0.25, 0.3) is 0 Å². The Morgan fingerprint density at radius 1 is 1.64 bits per heavy atom. The van der Waals surface area contributed by atoms with Crippen LogP contribution in [-0.2, 0) is 17.9 Å². The summed E-state index contributed by atoms with van der Waals surface area (Å²) in [5, 5.41) is 0. The summed E-state index contributed by atoms with van der Waals surface area (Å²) in [6, 6.07) is 2.08. The molecular formula is C8H14N2O. The van der Waals surface area contributed by atoms with Gasteiger partial charge >= 0.3 is 0 Å². The van der Waals surface area contributed by atoms with Crippen LogP contribution in [0.15, 0.2) is 18.5 Å². The molecule has 0 unspecified atom stereocenters. The molecule has 1 rings (SSSR count). The number of aromatic nitrogens is 1. The highest BCUT2D eigenvalue weighted by Gasteiger charge is 1.93. The van der Waals surface area contributed by atoms with Crippen molar-refractivity contribution >= 4 is 0 Å². The molecule has 0 aliphatic rings. The summed E-state index contributed by atoms with van der Waals surface area (Å²) in [5.74, 6) is 0. The Balaban J connectivity index is 2.44. The average molecular weight is 154 g/mol. The summed E-state index contributed by atoms with van der Waals surface area (Å²) in [4.78, 5) is 4.73. The highest BCUT2D eigenvalue weighted by molar-refractivity contribution is 5.09. The normalized spacial score (nSPS) is 10.4. The minimum atomic E-state index is 0.767. The second kappa shape index (κ2) is 4.16. The van der Waals surface area contributed by atoms with Crippen molar-refractivity contribution in [2.45, 2.75) is 20.0 Å². The average Bonchev–Trinajstić information content (AvgIpc) is 2.48. The lowest BCUT2D eigenvalue weighted by Crippen LogP contribution is -2.09. The fourth-order valence-corrected chi connectivity index (χ4v) is 0.947. The summed E-state index contributed by atoms with van der Waals surface area (Å²) in [6.45, 7) is 3.91. The van der Waals surface area contributed by atoms with E-state index in [0.29, 0.717) is 0 Å². The van der Waals surface area contributed by atoms with Gasteiger partial charge in [0.05, 0.1) is 7.11 Å². The van der Waals surface area contributed by atoms with Crippen LogP contribution in [0.1, 0.15) is 12.5 Å². The van der Waals surface area contributed by atoms with Crippen LogP contribution in [0.2, 0.25) is 0 Å². The lowest BCUT2D eigenvalue weighted by molar-refractivity contribution is 0.0867. The number of hydrogen-bond acceptors (Lipinski definition) is 2. The molecule has 0 bridgehead atoms. The molecular weight excluding hydrogens is 140 g/mol. The van der Waals surface area contributed by atoms with Gasteiger partial charge in [0.1, 0.15) is 0 Å². The smallest absolute Gasteiger partial charge is 0.0572 e. The molecule has 1 heterocycles. The first kappa shape index (κ1) is 8.30. The first-order valence-electron chi connectivity index (χ1n) is 3.77. The van der Waals surface area contributed by atoms with Crippen molar-refractivity contribution in [3.05, 3.63) is 24.0 Å². The number of hydrogen-bond donors (Lipinski definition) is 1. The topological polar surface area (TPSA) is 26.2 Å². The van der Waals surface area contributed by atoms with Crippen molar-refractivity contribution in [2.75, 3.05) is 7.11 Å². The monoisotopic (exact) mass is 154 g/mol. The van der Waals surface area contributed by atoms with Gasteiger partial charge in [-0.3, -0.25) is 0 Å². The molecule has 0 aliphatic heterocycles. The Hall–Kier alpha value is -0.800. The molecule has 0 atom stereocenters. The number of nitrogens with zero attached hydrogens (tertiary/aromatic N) is 1. The van der Waals surface area contributed by atoms with Crippen LogP contribution in [0.25, 0.3) is 0 Å². The van der Waals surface area contributed by atoms with Crippen LogP contribution < -0.4 is 5.48 Å². The van der Waals surface area contributed by atoms with Gasteiger partial charge in [-0.15, -0.1) is 0 Å². The molecule has 3 nitrogen and oxygen atoms in total. The van der Waals surface area contributed by atoms with Crippen LogP contribution in [0, 0.1) is 0 Å². The van der Waals surface area contributed by atoms with Crippen LogP contribution in [0.4, 0.5) is 0 Å². The van der Waals surface area contributed by atoms with Gasteiger partial charge in [-0.1, -0.05) is 0 Å². The predicted octanol–water partition coefficient (Wildman–Crippen LogP) is 1.16. The van der Waals surface area contributed by atoms with Gasteiger partial charge in [0.15, 0.2) is 0 Å². The Labute approximate surface area is 66.9 Å². The van der Waals surface area contributed by atoms with E-state index in [1.165, 1.54) is 5.56 Å². The van der Waals surface area contributed by atoms with E-state index < -0.39 is 0 Å². The molecule has 1 aromatic heterocycles. The van der Waals surface area contributed by atoms with E-state index in [1.807, 2.05) is 0 Å². The molecule has 3 heteroatoms. The quantitative estimate of drug-likeness (QED) is 0.659. The van der Waals surface area contributed by atoms with Gasteiger partial charge in [-0.2, -0.15) is 5.48 Å². The van der Waals surface area contributed by atoms with E-state index in [2.05, 4.69) is 35.4 Å². The first-order chi connectivity index (χ1) is 5.36. The third-order valence-corrected chi connectivity index (χ3v) is 1.60. The van der Waals surface area contributed by atoms with Gasteiger partial charge in [-0.05, 0) is 18.6 Å². The number of hydroxylamine groups is 1. The van der Waals surface area contributed by atoms with Crippen LogP contribution in [0.5, 0.6) is 0 Å². The highest BCUT2D eigenvalue weighted by Crippen LogP contribution is 1.99. The second-order valence-corrected chi connectivity index (χ2v) is 2.38. The maximum Gasteiger partial charge on any atom is 0.0572 e. The van der Waals surface area contributed by atoms with E-state index in [9.17, 15) is 0 Å². The molecule has 0 aliphatic carbocycles. The van der Waals surface area contributed by atoms with Gasteiger partial charge < -0.3 is 9.40 Å². The summed E-state index contributed by atoms with van der Waals surface area (Å²) in [5.41, 5.74) is 4.03. The Kier molecular flexibility index (Phi) is 3.14. The third-order valence-electron chi connectivity index (χ3n) is 1.60. The minimum absolute atomic E-state index is 0.767. The zero-order chi connectivity index (χ0) is 8.10. The lowest BCUT2D eigenvalue weighted by Gasteiger charge is -1.97. The van der Waals surface area contributed by atoms with Crippen molar-refractivity contribution in [1.82, 2.24) is 10.0 Å².